The van der Waals surface area contributed by atoms with Crippen LogP contribution in [0.25, 0.3) is 5.57 Å². The van der Waals surface area contributed by atoms with Crippen LogP contribution in [0.15, 0.2) is 54.6 Å². The van der Waals surface area contributed by atoms with Crippen molar-refractivity contribution >= 4 is 17.4 Å². The van der Waals surface area contributed by atoms with E-state index in [9.17, 15) is 9.90 Å². The van der Waals surface area contributed by atoms with Gasteiger partial charge in [0.1, 0.15) is 5.82 Å². The number of carbonyl (C=O) groups is 1. The summed E-state index contributed by atoms with van der Waals surface area (Å²) in [4.78, 5) is 11.6. The second kappa shape index (κ2) is 12.1. The van der Waals surface area contributed by atoms with Crippen molar-refractivity contribution in [2.24, 2.45) is 51.2 Å². The molecule has 0 spiro atoms. The van der Waals surface area contributed by atoms with E-state index in [1.54, 1.807) is 12.1 Å². The molecule has 4 saturated carbocycles. The number of aromatic carboxylic acids is 1. The molecule has 264 valence electrons. The van der Waals surface area contributed by atoms with Crippen molar-refractivity contribution in [3.63, 3.8) is 0 Å². The Hall–Kier alpha value is -2.99. The van der Waals surface area contributed by atoms with Crippen LogP contribution in [0.5, 0.6) is 0 Å². The number of anilines is 1. The molecule has 7 rings (SSSR count). The van der Waals surface area contributed by atoms with Crippen molar-refractivity contribution in [1.29, 1.82) is 0 Å². The molecule has 0 aliphatic heterocycles. The van der Waals surface area contributed by atoms with Crippen molar-refractivity contribution < 1.29 is 9.90 Å². The molecule has 1 aromatic heterocycles. The Morgan fingerprint density at radius 1 is 0.878 bits per heavy atom. The second-order valence-electron chi connectivity index (χ2n) is 18.2. The summed E-state index contributed by atoms with van der Waals surface area (Å²) in [7, 11) is 0. The number of carboxylic acids is 1. The third-order valence-electron chi connectivity index (χ3n) is 15.8. The Morgan fingerprint density at radius 3 is 2.31 bits per heavy atom. The first-order valence-corrected chi connectivity index (χ1v) is 19.2. The molecule has 0 bridgehead atoms. The van der Waals surface area contributed by atoms with E-state index in [1.807, 2.05) is 31.2 Å². The molecular weight excluding hydrogens is 604 g/mol. The summed E-state index contributed by atoms with van der Waals surface area (Å²) >= 11 is 0. The Balaban J connectivity index is 1.15. The van der Waals surface area contributed by atoms with E-state index in [1.165, 1.54) is 68.1 Å². The minimum Gasteiger partial charge on any atom is -0.478 e. The highest BCUT2D eigenvalue weighted by Crippen LogP contribution is 2.76. The van der Waals surface area contributed by atoms with Crippen LogP contribution in [0.1, 0.15) is 121 Å². The van der Waals surface area contributed by atoms with Crippen LogP contribution in [-0.2, 0) is 0 Å². The molecule has 0 saturated heterocycles. The predicted octanol–water partition coefficient (Wildman–Crippen LogP) is 9.59. The summed E-state index contributed by atoms with van der Waals surface area (Å²) in [6, 6.07) is 11.7. The third kappa shape index (κ3) is 5.24. The lowest BCUT2D eigenvalue weighted by Crippen LogP contribution is -2.68. The summed E-state index contributed by atoms with van der Waals surface area (Å²) < 4.78 is 0. The number of rotatable bonds is 8. The molecule has 9 atom stereocenters. The van der Waals surface area contributed by atoms with Gasteiger partial charge in [0.2, 0.25) is 0 Å². The zero-order chi connectivity index (χ0) is 35.0. The van der Waals surface area contributed by atoms with Gasteiger partial charge in [0.25, 0.3) is 0 Å². The van der Waals surface area contributed by atoms with E-state index < -0.39 is 5.97 Å². The minimum absolute atomic E-state index is 0.0250. The quantitative estimate of drug-likeness (QED) is 0.192. The van der Waals surface area contributed by atoms with Gasteiger partial charge in [0.05, 0.1) is 11.3 Å². The van der Waals surface area contributed by atoms with Crippen LogP contribution in [0.4, 0.5) is 5.82 Å². The summed E-state index contributed by atoms with van der Waals surface area (Å²) in [5.74, 6) is 3.20. The molecule has 5 aliphatic rings. The highest BCUT2D eigenvalue weighted by molar-refractivity contribution is 5.88. The van der Waals surface area contributed by atoms with Crippen molar-refractivity contribution in [3.8, 4) is 0 Å². The van der Waals surface area contributed by atoms with Crippen molar-refractivity contribution in [2.45, 2.75) is 112 Å². The van der Waals surface area contributed by atoms with E-state index >= 15 is 0 Å². The van der Waals surface area contributed by atoms with Gasteiger partial charge in [-0.2, -0.15) is 5.10 Å². The number of nitrogens with zero attached hydrogens (tertiary/aromatic N) is 2. The number of benzene rings is 1. The van der Waals surface area contributed by atoms with Gasteiger partial charge in [-0.3, -0.25) is 0 Å². The first-order valence-electron chi connectivity index (χ1n) is 19.2. The lowest BCUT2D eigenvalue weighted by Gasteiger charge is -2.72. The molecular formula is C43H60N4O2. The normalized spacial score (nSPS) is 39.1. The maximum absolute atomic E-state index is 11.6. The van der Waals surface area contributed by atoms with Crippen molar-refractivity contribution in [1.82, 2.24) is 15.5 Å². The average Bonchev–Trinajstić information content (AvgIpc) is 3.44. The van der Waals surface area contributed by atoms with Gasteiger partial charge in [0, 0.05) is 18.6 Å². The van der Waals surface area contributed by atoms with Crippen LogP contribution >= 0.6 is 0 Å². The van der Waals surface area contributed by atoms with Gasteiger partial charge >= 0.3 is 5.97 Å². The third-order valence-corrected chi connectivity index (χ3v) is 15.8. The summed E-state index contributed by atoms with van der Waals surface area (Å²) in [5.41, 5.74) is 6.33. The van der Waals surface area contributed by atoms with E-state index in [4.69, 9.17) is 0 Å². The summed E-state index contributed by atoms with van der Waals surface area (Å²) in [6.07, 6.45) is 13.9. The van der Waals surface area contributed by atoms with E-state index in [0.717, 1.165) is 31.0 Å². The summed E-state index contributed by atoms with van der Waals surface area (Å²) in [6.45, 7) is 23.7. The zero-order valence-corrected chi connectivity index (χ0v) is 31.2. The van der Waals surface area contributed by atoms with Gasteiger partial charge in [-0.25, -0.2) is 4.79 Å². The molecule has 49 heavy (non-hydrogen) atoms. The van der Waals surface area contributed by atoms with Crippen molar-refractivity contribution in [2.75, 3.05) is 18.4 Å². The minimum atomic E-state index is -0.861. The first-order chi connectivity index (χ1) is 23.2. The molecule has 0 radical (unpaired) electrons. The number of aryl methyl sites for hydroxylation is 1. The first kappa shape index (κ1) is 34.5. The molecule has 1 aromatic carbocycles. The molecule has 6 heteroatoms. The van der Waals surface area contributed by atoms with E-state index in [2.05, 4.69) is 75.0 Å². The van der Waals surface area contributed by atoms with Crippen LogP contribution in [0, 0.1) is 58.2 Å². The molecule has 6 nitrogen and oxygen atoms in total. The number of aromatic nitrogens is 2. The van der Waals surface area contributed by atoms with Crippen LogP contribution in [0.2, 0.25) is 0 Å². The highest BCUT2D eigenvalue weighted by atomic mass is 16.4. The molecule has 0 amide bonds. The molecule has 1 heterocycles. The number of allylic oxidation sites excluding steroid dienone is 3. The maximum atomic E-state index is 11.6. The standard InChI is InChI=1S/C43H60N4O2/c1-27(2)31-17-22-43(45-26-25-44-36-16-9-28(3)46-47-36)24-23-41(7)33(37(31)43)14-15-35-40(6)20-18-32(29-10-12-30(13-11-29)38(48)49)39(4,5)34(40)19-21-42(35,41)8/h9-13,16,18,31,33-35,37,45H,1,14-15,17,19-26H2,2-8H3,(H,44,47)(H,48,49). The summed E-state index contributed by atoms with van der Waals surface area (Å²) in [5, 5.41) is 25.7. The molecule has 5 aliphatic carbocycles. The van der Waals surface area contributed by atoms with Gasteiger partial charge < -0.3 is 15.7 Å². The monoisotopic (exact) mass is 664 g/mol. The lowest BCUT2D eigenvalue weighted by atomic mass is 9.33. The number of hydrogen-bond donors (Lipinski definition) is 3. The predicted molar refractivity (Wildman–Crippen MR) is 199 cm³/mol. The molecule has 4 fully saturated rings. The van der Waals surface area contributed by atoms with Crippen LogP contribution < -0.4 is 10.6 Å². The average molecular weight is 665 g/mol. The smallest absolute Gasteiger partial charge is 0.335 e. The molecule has 3 N–H and O–H groups in total. The number of nitrogens with one attached hydrogen (secondary N) is 2. The van der Waals surface area contributed by atoms with Crippen LogP contribution in [0.3, 0.4) is 0 Å². The number of fused-ring (bicyclic) bond motifs is 7. The lowest BCUT2D eigenvalue weighted by molar-refractivity contribution is -0.219. The zero-order valence-electron chi connectivity index (χ0n) is 31.2. The van der Waals surface area contributed by atoms with Crippen LogP contribution in [-0.4, -0.2) is 39.9 Å². The Bertz CT molecular complexity index is 1630. The van der Waals surface area contributed by atoms with Gasteiger partial charge in [-0.05, 0) is 158 Å². The fraction of sp³-hybridized carbons (Fsp3) is 0.651. The SMILES string of the molecule is C=C(C)C1CCC2(NCCNc3ccc(C)nn3)CCC3(C)C(CCC4C5(C)CC=C(c6ccc(C(=O)O)cc6)C(C)(C)C5CCC43C)C12. The fourth-order valence-electron chi connectivity index (χ4n) is 13.3. The van der Waals surface area contributed by atoms with Gasteiger partial charge in [-0.15, -0.1) is 5.10 Å². The van der Waals surface area contributed by atoms with E-state index in [-0.39, 0.29) is 16.4 Å². The Kier molecular flexibility index (Phi) is 8.48. The van der Waals surface area contributed by atoms with E-state index in [0.29, 0.717) is 46.0 Å². The maximum Gasteiger partial charge on any atom is 0.335 e. The fourth-order valence-corrected chi connectivity index (χ4v) is 13.3. The highest BCUT2D eigenvalue weighted by Gasteiger charge is 2.70. The van der Waals surface area contributed by atoms with Gasteiger partial charge in [-0.1, -0.05) is 65.0 Å². The molecule has 9 unspecified atom stereocenters. The second-order valence-corrected chi connectivity index (χ2v) is 18.2. The Labute approximate surface area is 295 Å². The van der Waals surface area contributed by atoms with Crippen molar-refractivity contribution in [3.05, 3.63) is 71.4 Å². The largest absolute Gasteiger partial charge is 0.478 e. The van der Waals surface area contributed by atoms with Gasteiger partial charge in [0.15, 0.2) is 0 Å². The number of carboxylic acid groups (broad SMARTS) is 1. The Morgan fingerprint density at radius 2 is 1.63 bits per heavy atom. The molecule has 2 aromatic rings. The topological polar surface area (TPSA) is 87.1 Å². The number of hydrogen-bond acceptors (Lipinski definition) is 5.